The Kier molecular flexibility index (Phi) is 4.48. The van der Waals surface area contributed by atoms with Crippen LogP contribution in [0.2, 0.25) is 0 Å². The van der Waals surface area contributed by atoms with Crippen molar-refractivity contribution < 1.29 is 4.79 Å². The highest BCUT2D eigenvalue weighted by molar-refractivity contribution is 6.02. The van der Waals surface area contributed by atoms with Gasteiger partial charge in [-0.3, -0.25) is 9.78 Å². The first kappa shape index (κ1) is 14.2. The average Bonchev–Trinajstić information content (AvgIpc) is 2.47. The highest BCUT2D eigenvalue weighted by Crippen LogP contribution is 2.18. The first-order valence-electron chi connectivity index (χ1n) is 6.66. The van der Waals surface area contributed by atoms with Gasteiger partial charge in [0.25, 0.3) is 5.91 Å². The van der Waals surface area contributed by atoms with Gasteiger partial charge < -0.3 is 11.1 Å². The maximum Gasteiger partial charge on any atom is 0.274 e. The SMILES string of the molecule is CC(C)c1cccc(NC(=O)c2ccc(CN)cn2)c1. The molecule has 4 heteroatoms. The molecule has 0 aliphatic heterocycles. The molecule has 0 radical (unpaired) electrons. The van der Waals surface area contributed by atoms with Crippen molar-refractivity contribution in [1.82, 2.24) is 4.98 Å². The Hall–Kier alpha value is -2.20. The Morgan fingerprint density at radius 2 is 2.10 bits per heavy atom. The minimum Gasteiger partial charge on any atom is -0.326 e. The van der Waals surface area contributed by atoms with Crippen molar-refractivity contribution in [1.29, 1.82) is 0 Å². The molecule has 0 saturated carbocycles. The van der Waals surface area contributed by atoms with E-state index in [0.29, 0.717) is 18.2 Å². The van der Waals surface area contributed by atoms with E-state index in [0.717, 1.165) is 11.3 Å². The lowest BCUT2D eigenvalue weighted by molar-refractivity contribution is 0.102. The smallest absolute Gasteiger partial charge is 0.274 e. The van der Waals surface area contributed by atoms with E-state index in [4.69, 9.17) is 5.73 Å². The van der Waals surface area contributed by atoms with Crippen LogP contribution in [-0.4, -0.2) is 10.9 Å². The predicted octanol–water partition coefficient (Wildman–Crippen LogP) is 2.92. The van der Waals surface area contributed by atoms with Gasteiger partial charge in [-0.05, 0) is 35.2 Å². The third-order valence-corrected chi connectivity index (χ3v) is 3.10. The number of nitrogens with zero attached hydrogens (tertiary/aromatic N) is 1. The number of benzene rings is 1. The van der Waals surface area contributed by atoms with Gasteiger partial charge in [0.1, 0.15) is 5.69 Å². The maximum absolute atomic E-state index is 12.1. The van der Waals surface area contributed by atoms with E-state index in [9.17, 15) is 4.79 Å². The number of aromatic nitrogens is 1. The number of carbonyl (C=O) groups excluding carboxylic acids is 1. The Bertz CT molecular complexity index is 591. The molecule has 2 rings (SSSR count). The molecule has 0 fully saturated rings. The first-order chi connectivity index (χ1) is 9.60. The van der Waals surface area contributed by atoms with Gasteiger partial charge in [0, 0.05) is 18.4 Å². The van der Waals surface area contributed by atoms with E-state index in [-0.39, 0.29) is 5.91 Å². The number of anilines is 1. The summed E-state index contributed by atoms with van der Waals surface area (Å²) in [4.78, 5) is 16.2. The number of carbonyl (C=O) groups is 1. The lowest BCUT2D eigenvalue weighted by atomic mass is 10.0. The molecule has 2 aromatic rings. The number of rotatable bonds is 4. The number of nitrogens with two attached hydrogens (primary N) is 1. The van der Waals surface area contributed by atoms with Crippen LogP contribution in [0.15, 0.2) is 42.6 Å². The van der Waals surface area contributed by atoms with Gasteiger partial charge in [-0.15, -0.1) is 0 Å². The fourth-order valence-electron chi connectivity index (χ4n) is 1.85. The van der Waals surface area contributed by atoms with E-state index < -0.39 is 0 Å². The molecule has 1 heterocycles. The zero-order valence-corrected chi connectivity index (χ0v) is 11.8. The van der Waals surface area contributed by atoms with E-state index >= 15 is 0 Å². The van der Waals surface area contributed by atoms with E-state index in [2.05, 4.69) is 30.2 Å². The third-order valence-electron chi connectivity index (χ3n) is 3.10. The second-order valence-corrected chi connectivity index (χ2v) is 4.99. The molecular formula is C16H19N3O. The summed E-state index contributed by atoms with van der Waals surface area (Å²) in [6.45, 7) is 4.66. The minimum absolute atomic E-state index is 0.213. The normalized spacial score (nSPS) is 10.6. The fourth-order valence-corrected chi connectivity index (χ4v) is 1.85. The standard InChI is InChI=1S/C16H19N3O/c1-11(2)13-4-3-5-14(8-13)19-16(20)15-7-6-12(9-17)10-18-15/h3-8,10-11H,9,17H2,1-2H3,(H,19,20). The molecule has 1 aromatic carbocycles. The van der Waals surface area contributed by atoms with E-state index in [1.807, 2.05) is 24.3 Å². The van der Waals surface area contributed by atoms with Gasteiger partial charge >= 0.3 is 0 Å². The average molecular weight is 269 g/mol. The van der Waals surface area contributed by atoms with Crippen LogP contribution in [0.4, 0.5) is 5.69 Å². The van der Waals surface area contributed by atoms with Crippen LogP contribution < -0.4 is 11.1 Å². The number of hydrogen-bond donors (Lipinski definition) is 2. The molecule has 0 spiro atoms. The lowest BCUT2D eigenvalue weighted by Gasteiger charge is -2.09. The molecule has 3 N–H and O–H groups in total. The summed E-state index contributed by atoms with van der Waals surface area (Å²) in [5.74, 6) is 0.211. The van der Waals surface area contributed by atoms with Crippen molar-refractivity contribution >= 4 is 11.6 Å². The van der Waals surface area contributed by atoms with Crippen molar-refractivity contribution in [2.24, 2.45) is 5.73 Å². The fraction of sp³-hybridized carbons (Fsp3) is 0.250. The third kappa shape index (κ3) is 3.42. The first-order valence-corrected chi connectivity index (χ1v) is 6.66. The van der Waals surface area contributed by atoms with Crippen molar-refractivity contribution in [2.75, 3.05) is 5.32 Å². The molecule has 0 atom stereocenters. The summed E-state index contributed by atoms with van der Waals surface area (Å²) in [6, 6.07) is 11.3. The Labute approximate surface area is 119 Å². The zero-order chi connectivity index (χ0) is 14.5. The highest BCUT2D eigenvalue weighted by atomic mass is 16.1. The summed E-state index contributed by atoms with van der Waals surface area (Å²) in [5.41, 5.74) is 8.77. The van der Waals surface area contributed by atoms with Crippen LogP contribution in [0.1, 0.15) is 41.4 Å². The molecule has 0 bridgehead atoms. The van der Waals surface area contributed by atoms with Gasteiger partial charge in [-0.25, -0.2) is 0 Å². The van der Waals surface area contributed by atoms with Crippen molar-refractivity contribution in [2.45, 2.75) is 26.3 Å². The molecule has 104 valence electrons. The van der Waals surface area contributed by atoms with Gasteiger partial charge in [-0.1, -0.05) is 32.0 Å². The van der Waals surface area contributed by atoms with Crippen LogP contribution in [0.5, 0.6) is 0 Å². The van der Waals surface area contributed by atoms with Gasteiger partial charge in [0.05, 0.1) is 0 Å². The Morgan fingerprint density at radius 3 is 2.70 bits per heavy atom. The quantitative estimate of drug-likeness (QED) is 0.896. The molecule has 0 saturated heterocycles. The van der Waals surface area contributed by atoms with Crippen molar-refractivity contribution in [3.63, 3.8) is 0 Å². The summed E-state index contributed by atoms with van der Waals surface area (Å²) >= 11 is 0. The molecular weight excluding hydrogens is 250 g/mol. The van der Waals surface area contributed by atoms with Crippen molar-refractivity contribution in [3.8, 4) is 0 Å². The van der Waals surface area contributed by atoms with Crippen LogP contribution in [-0.2, 0) is 6.54 Å². The molecule has 0 aliphatic rings. The number of nitrogens with one attached hydrogen (secondary N) is 1. The predicted molar refractivity (Wildman–Crippen MR) is 80.6 cm³/mol. The van der Waals surface area contributed by atoms with E-state index in [1.165, 1.54) is 5.56 Å². The summed E-state index contributed by atoms with van der Waals surface area (Å²) in [5, 5.41) is 2.86. The van der Waals surface area contributed by atoms with Gasteiger partial charge in [-0.2, -0.15) is 0 Å². The highest BCUT2D eigenvalue weighted by Gasteiger charge is 2.08. The number of hydrogen-bond acceptors (Lipinski definition) is 3. The number of amides is 1. The van der Waals surface area contributed by atoms with Crippen LogP contribution in [0, 0.1) is 0 Å². The molecule has 1 amide bonds. The second kappa shape index (κ2) is 6.30. The van der Waals surface area contributed by atoms with Crippen LogP contribution >= 0.6 is 0 Å². The zero-order valence-electron chi connectivity index (χ0n) is 11.8. The molecule has 20 heavy (non-hydrogen) atoms. The second-order valence-electron chi connectivity index (χ2n) is 4.99. The largest absolute Gasteiger partial charge is 0.326 e. The van der Waals surface area contributed by atoms with Crippen molar-refractivity contribution in [3.05, 3.63) is 59.4 Å². The monoisotopic (exact) mass is 269 g/mol. The lowest BCUT2D eigenvalue weighted by Crippen LogP contribution is -2.14. The van der Waals surface area contributed by atoms with Crippen LogP contribution in [0.3, 0.4) is 0 Å². The topological polar surface area (TPSA) is 68.0 Å². The summed E-state index contributed by atoms with van der Waals surface area (Å²) in [6.07, 6.45) is 1.62. The minimum atomic E-state index is -0.213. The maximum atomic E-state index is 12.1. The number of pyridine rings is 1. The summed E-state index contributed by atoms with van der Waals surface area (Å²) < 4.78 is 0. The Morgan fingerprint density at radius 1 is 1.30 bits per heavy atom. The molecule has 1 aromatic heterocycles. The summed E-state index contributed by atoms with van der Waals surface area (Å²) in [7, 11) is 0. The Balaban J connectivity index is 2.12. The van der Waals surface area contributed by atoms with Crippen LogP contribution in [0.25, 0.3) is 0 Å². The molecule has 4 nitrogen and oxygen atoms in total. The van der Waals surface area contributed by atoms with Gasteiger partial charge in [0.15, 0.2) is 0 Å². The van der Waals surface area contributed by atoms with Gasteiger partial charge in [0.2, 0.25) is 0 Å². The molecule has 0 unspecified atom stereocenters. The van der Waals surface area contributed by atoms with E-state index in [1.54, 1.807) is 12.3 Å². The molecule has 0 aliphatic carbocycles.